The van der Waals surface area contributed by atoms with Crippen molar-refractivity contribution in [2.24, 2.45) is 0 Å². The summed E-state index contributed by atoms with van der Waals surface area (Å²) < 4.78 is 40.4. The van der Waals surface area contributed by atoms with Crippen LogP contribution in [-0.2, 0) is 16.1 Å². The molecule has 142 valence electrons. The molecule has 2 aromatic rings. The number of ether oxygens (including phenoxy) is 3. The van der Waals surface area contributed by atoms with E-state index in [4.69, 9.17) is 9.47 Å². The van der Waals surface area contributed by atoms with Crippen LogP contribution in [0.5, 0.6) is 11.5 Å². The largest absolute Gasteiger partial charge is 0.485 e. The van der Waals surface area contributed by atoms with Crippen LogP contribution in [-0.4, -0.2) is 32.3 Å². The van der Waals surface area contributed by atoms with E-state index in [1.807, 2.05) is 30.3 Å². The molecule has 0 fully saturated rings. The lowest BCUT2D eigenvalue weighted by Gasteiger charge is -2.14. The number of benzene rings is 2. The Bertz CT molecular complexity index is 824. The summed E-state index contributed by atoms with van der Waals surface area (Å²) in [6.45, 7) is -2.29. The number of esters is 1. The van der Waals surface area contributed by atoms with E-state index in [0.29, 0.717) is 6.54 Å². The van der Waals surface area contributed by atoms with E-state index in [2.05, 4.69) is 10.1 Å². The van der Waals surface area contributed by atoms with Crippen molar-refractivity contribution in [3.05, 3.63) is 65.7 Å². The van der Waals surface area contributed by atoms with Gasteiger partial charge in [0.2, 0.25) is 0 Å². The highest BCUT2D eigenvalue weighted by atomic mass is 19.3. The summed E-state index contributed by atoms with van der Waals surface area (Å²) in [5.41, 5.74) is 2.50. The summed E-state index contributed by atoms with van der Waals surface area (Å²) in [5, 5.41) is 3.02. The molecule has 0 aliphatic carbocycles. The summed E-state index contributed by atoms with van der Waals surface area (Å²) in [7, 11) is 1.32. The molecule has 0 amide bonds. The van der Waals surface area contributed by atoms with Crippen LogP contribution < -0.4 is 14.8 Å². The Morgan fingerprint density at radius 1 is 1.19 bits per heavy atom. The molecular formula is C20H19F2NO4. The van der Waals surface area contributed by atoms with Crippen molar-refractivity contribution in [2.75, 3.05) is 13.7 Å². The van der Waals surface area contributed by atoms with E-state index in [1.54, 1.807) is 18.2 Å². The number of nitrogens with one attached hydrogen (secondary N) is 1. The van der Waals surface area contributed by atoms with Gasteiger partial charge in [0.1, 0.15) is 12.6 Å². The van der Waals surface area contributed by atoms with Crippen LogP contribution in [0, 0.1) is 0 Å². The Balaban J connectivity index is 1.83. The summed E-state index contributed by atoms with van der Waals surface area (Å²) in [4.78, 5) is 11.6. The molecule has 2 aromatic carbocycles. The molecule has 1 unspecified atom stereocenters. The Morgan fingerprint density at radius 2 is 1.96 bits per heavy atom. The number of hydrogen-bond donors (Lipinski definition) is 1. The highest BCUT2D eigenvalue weighted by molar-refractivity contribution is 5.84. The number of hydrogen-bond acceptors (Lipinski definition) is 5. The number of alkyl halides is 2. The number of carbonyl (C=O) groups is 1. The monoisotopic (exact) mass is 375 g/mol. The maximum atomic E-state index is 12.7. The fourth-order valence-electron chi connectivity index (χ4n) is 2.76. The first-order chi connectivity index (χ1) is 13.1. The molecule has 3 rings (SSSR count). The highest BCUT2D eigenvalue weighted by Crippen LogP contribution is 2.33. The van der Waals surface area contributed by atoms with Gasteiger partial charge in [-0.3, -0.25) is 10.1 Å². The minimum Gasteiger partial charge on any atom is -0.485 e. The Morgan fingerprint density at radius 3 is 2.67 bits per heavy atom. The highest BCUT2D eigenvalue weighted by Gasteiger charge is 2.24. The Kier molecular flexibility index (Phi) is 6.03. The molecule has 5 nitrogen and oxygen atoms in total. The Labute approximate surface area is 155 Å². The maximum absolute atomic E-state index is 12.7. The molecule has 1 heterocycles. The molecule has 1 atom stereocenters. The quantitative estimate of drug-likeness (QED) is 0.752. The molecule has 0 spiro atoms. The van der Waals surface area contributed by atoms with Crippen molar-refractivity contribution in [3.8, 4) is 11.5 Å². The van der Waals surface area contributed by atoms with Crippen LogP contribution >= 0.6 is 0 Å². The van der Waals surface area contributed by atoms with Gasteiger partial charge in [0.15, 0.2) is 11.5 Å². The minimum absolute atomic E-state index is 0.0410. The van der Waals surface area contributed by atoms with Crippen molar-refractivity contribution in [3.63, 3.8) is 0 Å². The first-order valence-electron chi connectivity index (χ1n) is 8.34. The number of halogens is 2. The average molecular weight is 375 g/mol. The van der Waals surface area contributed by atoms with Gasteiger partial charge in [0, 0.05) is 6.54 Å². The lowest BCUT2D eigenvalue weighted by atomic mass is 10.1. The van der Waals surface area contributed by atoms with E-state index in [-0.39, 0.29) is 24.1 Å². The van der Waals surface area contributed by atoms with Crippen LogP contribution in [0.4, 0.5) is 8.78 Å². The van der Waals surface area contributed by atoms with Crippen LogP contribution in [0.15, 0.2) is 54.6 Å². The number of rotatable bonds is 7. The van der Waals surface area contributed by atoms with Gasteiger partial charge in [-0.1, -0.05) is 42.5 Å². The van der Waals surface area contributed by atoms with E-state index in [9.17, 15) is 13.6 Å². The summed E-state index contributed by atoms with van der Waals surface area (Å²) in [6.07, 6.45) is 1.75. The molecule has 0 bridgehead atoms. The summed E-state index contributed by atoms with van der Waals surface area (Å²) in [5.74, 6) is -0.219. The smallest absolute Gasteiger partial charge is 0.387 e. The molecule has 0 radical (unpaired) electrons. The normalized spacial score (nSPS) is 16.1. The fourth-order valence-corrected chi connectivity index (χ4v) is 2.76. The first-order valence-corrected chi connectivity index (χ1v) is 8.34. The molecule has 1 N–H and O–H groups in total. The predicted molar refractivity (Wildman–Crippen MR) is 95.6 cm³/mol. The Hall–Kier alpha value is -2.93. The van der Waals surface area contributed by atoms with E-state index in [1.165, 1.54) is 13.2 Å². The molecule has 1 aliphatic rings. The van der Waals surface area contributed by atoms with Crippen molar-refractivity contribution in [1.82, 2.24) is 5.32 Å². The summed E-state index contributed by atoms with van der Waals surface area (Å²) in [6, 6.07) is 13.6. The fraction of sp³-hybridized carbons (Fsp3) is 0.250. The van der Waals surface area contributed by atoms with Crippen LogP contribution in [0.1, 0.15) is 11.1 Å². The standard InChI is InChI=1S/C20H19F2NO4/c1-25-19(24)16-9-15(11-23-16)14-7-8-17(27-20(21)22)18(10-14)26-12-13-5-3-2-4-6-13/h2-10,16,20,23H,11-12H2,1H3. The van der Waals surface area contributed by atoms with Gasteiger partial charge in [-0.15, -0.1) is 0 Å². The molecule has 0 aromatic heterocycles. The molecule has 27 heavy (non-hydrogen) atoms. The van der Waals surface area contributed by atoms with Crippen molar-refractivity contribution in [1.29, 1.82) is 0 Å². The third-order valence-electron chi connectivity index (χ3n) is 4.10. The predicted octanol–water partition coefficient (Wildman–Crippen LogP) is 3.40. The first kappa shape index (κ1) is 18.8. The van der Waals surface area contributed by atoms with Crippen LogP contribution in [0.25, 0.3) is 5.57 Å². The molecule has 1 aliphatic heterocycles. The van der Waals surface area contributed by atoms with Crippen molar-refractivity contribution < 1.29 is 27.8 Å². The minimum atomic E-state index is -2.95. The van der Waals surface area contributed by atoms with Gasteiger partial charge >= 0.3 is 12.6 Å². The zero-order chi connectivity index (χ0) is 19.2. The van der Waals surface area contributed by atoms with Crippen molar-refractivity contribution >= 4 is 11.5 Å². The summed E-state index contributed by atoms with van der Waals surface area (Å²) >= 11 is 0. The second-order valence-electron chi connectivity index (χ2n) is 5.89. The second kappa shape index (κ2) is 8.64. The van der Waals surface area contributed by atoms with Crippen LogP contribution in [0.2, 0.25) is 0 Å². The van der Waals surface area contributed by atoms with E-state index < -0.39 is 12.7 Å². The molecular weight excluding hydrogens is 356 g/mol. The van der Waals surface area contributed by atoms with E-state index >= 15 is 0 Å². The average Bonchev–Trinajstić information content (AvgIpc) is 3.17. The lowest BCUT2D eigenvalue weighted by molar-refractivity contribution is -0.141. The van der Waals surface area contributed by atoms with Crippen molar-refractivity contribution in [2.45, 2.75) is 19.3 Å². The van der Waals surface area contributed by atoms with Gasteiger partial charge in [-0.25, -0.2) is 0 Å². The van der Waals surface area contributed by atoms with Gasteiger partial charge in [-0.05, 0) is 28.8 Å². The van der Waals surface area contributed by atoms with Crippen LogP contribution in [0.3, 0.4) is 0 Å². The van der Waals surface area contributed by atoms with E-state index in [0.717, 1.165) is 16.7 Å². The number of methoxy groups -OCH3 is 1. The third kappa shape index (κ3) is 4.83. The second-order valence-corrected chi connectivity index (χ2v) is 5.89. The zero-order valence-electron chi connectivity index (χ0n) is 14.7. The van der Waals surface area contributed by atoms with Gasteiger partial charge < -0.3 is 14.2 Å². The topological polar surface area (TPSA) is 56.8 Å². The molecule has 0 saturated carbocycles. The van der Waals surface area contributed by atoms with Gasteiger partial charge in [0.05, 0.1) is 7.11 Å². The zero-order valence-corrected chi connectivity index (χ0v) is 14.7. The van der Waals surface area contributed by atoms with Gasteiger partial charge in [0.25, 0.3) is 0 Å². The van der Waals surface area contributed by atoms with Gasteiger partial charge in [-0.2, -0.15) is 8.78 Å². The molecule has 7 heteroatoms. The maximum Gasteiger partial charge on any atom is 0.387 e. The SMILES string of the molecule is COC(=O)C1C=C(c2ccc(OC(F)F)c(OCc3ccccc3)c2)CN1. The third-order valence-corrected chi connectivity index (χ3v) is 4.10. The number of carbonyl (C=O) groups excluding carboxylic acids is 1. The lowest BCUT2D eigenvalue weighted by Crippen LogP contribution is -2.31. The molecule has 0 saturated heterocycles.